The number of carbonyl (C=O) groups is 1. The molecule has 0 aliphatic heterocycles. The lowest BCUT2D eigenvalue weighted by molar-refractivity contribution is -0.119. The molecule has 0 atom stereocenters. The second-order valence-corrected chi connectivity index (χ2v) is 7.73. The van der Waals surface area contributed by atoms with Crippen LogP contribution in [-0.2, 0) is 14.8 Å². The van der Waals surface area contributed by atoms with Crippen molar-refractivity contribution in [3.8, 4) is 5.75 Å². The summed E-state index contributed by atoms with van der Waals surface area (Å²) < 4.78 is 32.7. The normalized spacial score (nSPS) is 11.1. The third-order valence-electron chi connectivity index (χ3n) is 3.36. The molecule has 0 aromatic heterocycles. The number of rotatable bonds is 7. The van der Waals surface area contributed by atoms with Crippen molar-refractivity contribution in [3.63, 3.8) is 0 Å². The number of hydrogen-bond donors (Lipinski definition) is 2. The van der Waals surface area contributed by atoms with Crippen LogP contribution in [0.2, 0.25) is 10.0 Å². The number of benzene rings is 2. The molecule has 2 rings (SSSR count). The zero-order valence-corrected chi connectivity index (χ0v) is 16.1. The highest BCUT2D eigenvalue weighted by atomic mass is 35.5. The number of halogens is 2. The van der Waals surface area contributed by atoms with Gasteiger partial charge in [-0.25, -0.2) is 14.3 Å². The summed E-state index contributed by atoms with van der Waals surface area (Å²) in [5.74, 6) is 4.74. The molecule has 0 aliphatic carbocycles. The number of sulfonamides is 1. The maximum atomic E-state index is 13.2. The fourth-order valence-electron chi connectivity index (χ4n) is 2.18. The van der Waals surface area contributed by atoms with Crippen molar-refractivity contribution in [3.05, 3.63) is 52.5 Å². The average Bonchev–Trinajstić information content (AvgIpc) is 2.62. The summed E-state index contributed by atoms with van der Waals surface area (Å²) >= 11 is 11.8. The summed E-state index contributed by atoms with van der Waals surface area (Å²) in [5.41, 5.74) is 2.13. The molecule has 0 bridgehead atoms. The number of hydrazine groups is 1. The van der Waals surface area contributed by atoms with Gasteiger partial charge in [0.1, 0.15) is 12.3 Å². The predicted octanol–water partition coefficient (Wildman–Crippen LogP) is 2.58. The highest BCUT2D eigenvalue weighted by Gasteiger charge is 2.29. The first-order chi connectivity index (χ1) is 12.3. The highest BCUT2D eigenvalue weighted by molar-refractivity contribution is 7.92. The third kappa shape index (κ3) is 4.39. The van der Waals surface area contributed by atoms with E-state index in [-0.39, 0.29) is 20.6 Å². The Morgan fingerprint density at radius 1 is 1.19 bits per heavy atom. The second-order valence-electron chi connectivity index (χ2n) is 5.06. The molecule has 7 nitrogen and oxygen atoms in total. The zero-order valence-electron chi connectivity index (χ0n) is 13.8. The van der Waals surface area contributed by atoms with Crippen LogP contribution in [0.15, 0.2) is 47.4 Å². The van der Waals surface area contributed by atoms with Crippen molar-refractivity contribution in [2.45, 2.75) is 11.8 Å². The van der Waals surface area contributed by atoms with Gasteiger partial charge in [0.2, 0.25) is 0 Å². The molecule has 0 saturated carbocycles. The van der Waals surface area contributed by atoms with Crippen LogP contribution in [0.5, 0.6) is 5.75 Å². The molecule has 0 saturated heterocycles. The molecule has 0 radical (unpaired) electrons. The molecule has 0 unspecified atom stereocenters. The van der Waals surface area contributed by atoms with Crippen molar-refractivity contribution in [2.24, 2.45) is 5.84 Å². The minimum atomic E-state index is -4.15. The fraction of sp³-hybridized carbons (Fsp3) is 0.188. The Morgan fingerprint density at radius 2 is 1.88 bits per heavy atom. The van der Waals surface area contributed by atoms with Crippen LogP contribution < -0.4 is 20.3 Å². The minimum absolute atomic E-state index is 0.0778. The predicted molar refractivity (Wildman–Crippen MR) is 101 cm³/mol. The fourth-order valence-corrected chi connectivity index (χ4v) is 4.00. The molecule has 140 valence electrons. The second kappa shape index (κ2) is 8.59. The van der Waals surface area contributed by atoms with Crippen LogP contribution in [0, 0.1) is 0 Å². The molecule has 0 spiro atoms. The summed E-state index contributed by atoms with van der Waals surface area (Å²) in [6, 6.07) is 10.4. The van der Waals surface area contributed by atoms with Crippen LogP contribution in [0.4, 0.5) is 5.69 Å². The van der Waals surface area contributed by atoms with Gasteiger partial charge < -0.3 is 4.74 Å². The SMILES string of the molecule is CCOc1ccccc1N(CC(=O)NN)S(=O)(=O)c1ccc(Cl)c(Cl)c1. The van der Waals surface area contributed by atoms with Gasteiger partial charge in [0.25, 0.3) is 15.9 Å². The third-order valence-corrected chi connectivity index (χ3v) is 5.86. The van der Waals surface area contributed by atoms with E-state index in [0.29, 0.717) is 12.4 Å². The Bertz CT molecular complexity index is 906. The summed E-state index contributed by atoms with van der Waals surface area (Å²) in [6.45, 7) is 1.55. The highest BCUT2D eigenvalue weighted by Crippen LogP contribution is 2.34. The van der Waals surface area contributed by atoms with E-state index in [1.165, 1.54) is 24.3 Å². The molecule has 3 N–H and O–H groups in total. The van der Waals surface area contributed by atoms with Gasteiger partial charge in [-0.3, -0.25) is 14.5 Å². The lowest BCUT2D eigenvalue weighted by atomic mass is 10.3. The summed E-state index contributed by atoms with van der Waals surface area (Å²) in [7, 11) is -4.15. The molecular weight excluding hydrogens is 401 g/mol. The van der Waals surface area contributed by atoms with Crippen LogP contribution >= 0.6 is 23.2 Å². The number of carbonyl (C=O) groups excluding carboxylic acids is 1. The van der Waals surface area contributed by atoms with Crippen molar-refractivity contribution in [1.82, 2.24) is 5.43 Å². The van der Waals surface area contributed by atoms with Gasteiger partial charge in [-0.15, -0.1) is 0 Å². The van der Waals surface area contributed by atoms with Gasteiger partial charge in [0, 0.05) is 0 Å². The zero-order chi connectivity index (χ0) is 19.3. The molecule has 1 amide bonds. The molecule has 10 heteroatoms. The van der Waals surface area contributed by atoms with Gasteiger partial charge in [-0.05, 0) is 37.3 Å². The average molecular weight is 418 g/mol. The Kier molecular flexibility index (Phi) is 6.71. The van der Waals surface area contributed by atoms with E-state index in [0.717, 1.165) is 4.31 Å². The topological polar surface area (TPSA) is 102 Å². The van der Waals surface area contributed by atoms with Crippen molar-refractivity contribution < 1.29 is 17.9 Å². The Morgan fingerprint density at radius 3 is 2.50 bits per heavy atom. The van der Waals surface area contributed by atoms with Crippen molar-refractivity contribution in [1.29, 1.82) is 0 Å². The first-order valence-electron chi connectivity index (χ1n) is 7.50. The van der Waals surface area contributed by atoms with E-state index in [1.54, 1.807) is 25.1 Å². The van der Waals surface area contributed by atoms with Gasteiger partial charge in [-0.1, -0.05) is 35.3 Å². The Balaban J connectivity index is 2.60. The molecule has 26 heavy (non-hydrogen) atoms. The maximum Gasteiger partial charge on any atom is 0.264 e. The van der Waals surface area contributed by atoms with Crippen LogP contribution in [0.25, 0.3) is 0 Å². The quantitative estimate of drug-likeness (QED) is 0.409. The molecule has 2 aromatic carbocycles. The monoisotopic (exact) mass is 417 g/mol. The molecule has 2 aromatic rings. The molecule has 0 aliphatic rings. The summed E-state index contributed by atoms with van der Waals surface area (Å²) in [5, 5.41) is 0.292. The van der Waals surface area contributed by atoms with Gasteiger partial charge in [0.15, 0.2) is 0 Å². The van der Waals surface area contributed by atoms with E-state index in [4.69, 9.17) is 33.8 Å². The van der Waals surface area contributed by atoms with Crippen molar-refractivity contribution in [2.75, 3.05) is 17.5 Å². The molecule has 0 fully saturated rings. The van der Waals surface area contributed by atoms with Crippen LogP contribution in [0.3, 0.4) is 0 Å². The summed E-state index contributed by atoms with van der Waals surface area (Å²) in [4.78, 5) is 11.7. The number of ether oxygens (including phenoxy) is 1. The number of para-hydroxylation sites is 2. The van der Waals surface area contributed by atoms with E-state index in [2.05, 4.69) is 0 Å². The first-order valence-corrected chi connectivity index (χ1v) is 9.70. The number of nitrogens with one attached hydrogen (secondary N) is 1. The number of amides is 1. The first kappa shape index (κ1) is 20.3. The van der Waals surface area contributed by atoms with Gasteiger partial charge in [-0.2, -0.15) is 0 Å². The van der Waals surface area contributed by atoms with E-state index in [9.17, 15) is 13.2 Å². The Hall–Kier alpha value is -2.00. The molecule has 0 heterocycles. The number of nitrogens with zero attached hydrogens (tertiary/aromatic N) is 1. The lowest BCUT2D eigenvalue weighted by Gasteiger charge is -2.25. The largest absolute Gasteiger partial charge is 0.492 e. The lowest BCUT2D eigenvalue weighted by Crippen LogP contribution is -2.43. The van der Waals surface area contributed by atoms with Gasteiger partial charge in [0.05, 0.1) is 27.2 Å². The smallest absolute Gasteiger partial charge is 0.264 e. The van der Waals surface area contributed by atoms with E-state index >= 15 is 0 Å². The molecular formula is C16H17Cl2N3O4S. The van der Waals surface area contributed by atoms with E-state index in [1.807, 2.05) is 5.43 Å². The number of anilines is 1. The minimum Gasteiger partial charge on any atom is -0.492 e. The number of nitrogens with two attached hydrogens (primary N) is 1. The van der Waals surface area contributed by atoms with E-state index < -0.39 is 22.5 Å². The Labute approximate surface area is 161 Å². The van der Waals surface area contributed by atoms with Gasteiger partial charge >= 0.3 is 0 Å². The number of hydrogen-bond acceptors (Lipinski definition) is 5. The van der Waals surface area contributed by atoms with Crippen LogP contribution in [-0.4, -0.2) is 27.5 Å². The van der Waals surface area contributed by atoms with Crippen LogP contribution in [0.1, 0.15) is 6.92 Å². The standard InChI is InChI=1S/C16H17Cl2N3O4S/c1-2-25-15-6-4-3-5-14(15)21(10-16(22)20-19)26(23,24)11-7-8-12(17)13(18)9-11/h3-9H,2,10,19H2,1H3,(H,20,22). The van der Waals surface area contributed by atoms with Crippen molar-refractivity contribution >= 4 is 44.8 Å². The summed E-state index contributed by atoms with van der Waals surface area (Å²) in [6.07, 6.45) is 0. The maximum absolute atomic E-state index is 13.2.